The van der Waals surface area contributed by atoms with E-state index in [0.29, 0.717) is 18.2 Å². The highest BCUT2D eigenvalue weighted by molar-refractivity contribution is 5.89. The highest BCUT2D eigenvalue weighted by atomic mass is 16.2. The van der Waals surface area contributed by atoms with Crippen LogP contribution in [0.5, 0.6) is 0 Å². The molecule has 0 unspecified atom stereocenters. The third-order valence-corrected chi connectivity index (χ3v) is 5.74. The molecule has 2 aliphatic rings. The van der Waals surface area contributed by atoms with Crippen LogP contribution in [0.3, 0.4) is 0 Å². The summed E-state index contributed by atoms with van der Waals surface area (Å²) in [6.45, 7) is 0.646. The molecule has 2 aliphatic carbocycles. The van der Waals surface area contributed by atoms with Crippen LogP contribution in [-0.4, -0.2) is 17.1 Å². The molecule has 1 saturated carbocycles. The number of urea groups is 1. The van der Waals surface area contributed by atoms with Crippen LogP contribution in [0.1, 0.15) is 30.4 Å². The molecular weight excluding hydrogens is 314 g/mol. The summed E-state index contributed by atoms with van der Waals surface area (Å²) in [6.07, 6.45) is 6.39. The number of carbonyl (C=O) groups is 1. The average molecular weight is 337 g/mol. The van der Waals surface area contributed by atoms with Gasteiger partial charge in [0.2, 0.25) is 0 Å². The maximum Gasteiger partial charge on any atom is 0.319 e. The Labute approximate surface area is 147 Å². The molecule has 2 amide bonds. The molecule has 1 aromatic heterocycles. The van der Waals surface area contributed by atoms with E-state index in [9.17, 15) is 9.59 Å². The van der Waals surface area contributed by atoms with Gasteiger partial charge in [0.15, 0.2) is 0 Å². The first-order valence-corrected chi connectivity index (χ1v) is 8.89. The fourth-order valence-electron chi connectivity index (χ4n) is 4.31. The van der Waals surface area contributed by atoms with Crippen molar-refractivity contribution in [1.29, 1.82) is 0 Å². The van der Waals surface area contributed by atoms with Crippen LogP contribution in [-0.2, 0) is 18.9 Å². The fourth-order valence-corrected chi connectivity index (χ4v) is 4.31. The molecule has 5 nitrogen and oxygen atoms in total. The zero-order valence-corrected chi connectivity index (χ0v) is 14.4. The van der Waals surface area contributed by atoms with Gasteiger partial charge in [-0.15, -0.1) is 0 Å². The lowest BCUT2D eigenvalue weighted by atomic mass is 9.78. The van der Waals surface area contributed by atoms with E-state index in [1.165, 1.54) is 28.5 Å². The quantitative estimate of drug-likeness (QED) is 0.905. The lowest BCUT2D eigenvalue weighted by Crippen LogP contribution is -2.34. The third kappa shape index (κ3) is 2.84. The minimum absolute atomic E-state index is 0.207. The number of carbonyl (C=O) groups excluding carboxylic acids is 1. The second-order valence-corrected chi connectivity index (χ2v) is 7.24. The molecule has 1 aromatic carbocycles. The number of nitrogens with zero attached hydrogens (tertiary/aromatic N) is 1. The normalized spacial score (nSPS) is 23.8. The number of fused-ring (bicyclic) bond motifs is 2. The molecule has 0 radical (unpaired) electrons. The summed E-state index contributed by atoms with van der Waals surface area (Å²) in [6, 6.07) is 11.8. The van der Waals surface area contributed by atoms with E-state index in [0.717, 1.165) is 12.8 Å². The van der Waals surface area contributed by atoms with Gasteiger partial charge in [0.25, 0.3) is 5.56 Å². The molecule has 4 rings (SSSR count). The smallest absolute Gasteiger partial charge is 0.319 e. The average Bonchev–Trinajstić information content (AvgIpc) is 3.31. The molecule has 1 fully saturated rings. The van der Waals surface area contributed by atoms with Gasteiger partial charge in [0.1, 0.15) is 5.69 Å². The lowest BCUT2D eigenvalue weighted by Gasteiger charge is -2.26. The molecule has 1 heterocycles. The summed E-state index contributed by atoms with van der Waals surface area (Å²) in [7, 11) is 1.67. The van der Waals surface area contributed by atoms with Crippen LogP contribution in [0, 0.1) is 5.92 Å². The molecule has 130 valence electrons. The predicted molar refractivity (Wildman–Crippen MR) is 97.9 cm³/mol. The van der Waals surface area contributed by atoms with Crippen LogP contribution in [0.4, 0.5) is 10.5 Å². The SMILES string of the molecule is Cn1cccc(NC(=O)NC[C@@H]2C[C@]23CCCc2ccccc23)c1=O. The number of amides is 2. The summed E-state index contributed by atoms with van der Waals surface area (Å²) >= 11 is 0. The molecular formula is C20H23N3O2. The van der Waals surface area contributed by atoms with Gasteiger partial charge in [-0.2, -0.15) is 0 Å². The largest absolute Gasteiger partial charge is 0.338 e. The van der Waals surface area contributed by atoms with Gasteiger partial charge < -0.3 is 15.2 Å². The van der Waals surface area contributed by atoms with Gasteiger partial charge in [-0.05, 0) is 54.9 Å². The Balaban J connectivity index is 1.38. The van der Waals surface area contributed by atoms with E-state index >= 15 is 0 Å². The Morgan fingerprint density at radius 2 is 2.12 bits per heavy atom. The monoisotopic (exact) mass is 337 g/mol. The van der Waals surface area contributed by atoms with Crippen LogP contribution < -0.4 is 16.2 Å². The predicted octanol–water partition coefficient (Wildman–Crippen LogP) is 2.80. The van der Waals surface area contributed by atoms with E-state index in [1.54, 1.807) is 25.4 Å². The van der Waals surface area contributed by atoms with Crippen molar-refractivity contribution in [2.75, 3.05) is 11.9 Å². The van der Waals surface area contributed by atoms with Gasteiger partial charge >= 0.3 is 6.03 Å². The number of aromatic nitrogens is 1. The van der Waals surface area contributed by atoms with Crippen LogP contribution in [0.15, 0.2) is 47.4 Å². The summed E-state index contributed by atoms with van der Waals surface area (Å²) < 4.78 is 1.45. The number of aryl methyl sites for hydroxylation is 2. The first-order chi connectivity index (χ1) is 12.1. The number of rotatable bonds is 3. The molecule has 5 heteroatoms. The third-order valence-electron chi connectivity index (χ3n) is 5.74. The van der Waals surface area contributed by atoms with Crippen LogP contribution in [0.2, 0.25) is 0 Å². The van der Waals surface area contributed by atoms with Crippen molar-refractivity contribution in [2.45, 2.75) is 31.1 Å². The first-order valence-electron chi connectivity index (χ1n) is 8.89. The van der Waals surface area contributed by atoms with E-state index in [1.807, 2.05) is 0 Å². The molecule has 2 N–H and O–H groups in total. The topological polar surface area (TPSA) is 63.1 Å². The molecule has 2 aromatic rings. The first kappa shape index (κ1) is 15.9. The van der Waals surface area contributed by atoms with Crippen LogP contribution >= 0.6 is 0 Å². The fraction of sp³-hybridized carbons (Fsp3) is 0.400. The van der Waals surface area contributed by atoms with Crippen molar-refractivity contribution in [3.05, 3.63) is 64.1 Å². The summed E-state index contributed by atoms with van der Waals surface area (Å²) in [5, 5.41) is 5.61. The van der Waals surface area contributed by atoms with E-state index < -0.39 is 0 Å². The Morgan fingerprint density at radius 1 is 1.28 bits per heavy atom. The van der Waals surface area contributed by atoms with Gasteiger partial charge in [-0.3, -0.25) is 4.79 Å². The van der Waals surface area contributed by atoms with Crippen molar-refractivity contribution >= 4 is 11.7 Å². The second kappa shape index (κ2) is 6.06. The molecule has 0 bridgehead atoms. The minimum atomic E-state index is -0.311. The summed E-state index contributed by atoms with van der Waals surface area (Å²) in [5.74, 6) is 0.485. The van der Waals surface area contributed by atoms with E-state index in [4.69, 9.17) is 0 Å². The van der Waals surface area contributed by atoms with Crippen molar-refractivity contribution in [2.24, 2.45) is 13.0 Å². The highest BCUT2D eigenvalue weighted by Crippen LogP contribution is 2.59. The summed E-state index contributed by atoms with van der Waals surface area (Å²) in [4.78, 5) is 24.1. The minimum Gasteiger partial charge on any atom is -0.338 e. The standard InChI is InChI=1S/C20H23N3O2/c1-23-11-5-9-17(18(23)24)22-19(25)21-13-15-12-20(15)10-4-7-14-6-2-3-8-16(14)20/h2-3,5-6,8-9,11,15H,4,7,10,12-13H2,1H3,(H2,21,22,25)/t15-,20+/m0/s1. The number of benzene rings is 1. The lowest BCUT2D eigenvalue weighted by molar-refractivity contribution is 0.251. The number of hydrogen-bond donors (Lipinski definition) is 2. The van der Waals surface area contributed by atoms with Gasteiger partial charge in [0, 0.05) is 25.2 Å². The zero-order valence-electron chi connectivity index (χ0n) is 14.4. The Morgan fingerprint density at radius 3 is 3.00 bits per heavy atom. The van der Waals surface area contributed by atoms with E-state index in [-0.39, 0.29) is 17.0 Å². The maximum atomic E-state index is 12.2. The second-order valence-electron chi connectivity index (χ2n) is 7.24. The molecule has 0 saturated heterocycles. The van der Waals surface area contributed by atoms with Crippen molar-refractivity contribution in [3.8, 4) is 0 Å². The summed E-state index contributed by atoms with van der Waals surface area (Å²) in [5.41, 5.74) is 3.29. The van der Waals surface area contributed by atoms with Crippen molar-refractivity contribution in [1.82, 2.24) is 9.88 Å². The molecule has 1 spiro atoms. The Kier molecular flexibility index (Phi) is 3.86. The number of pyridine rings is 1. The van der Waals surface area contributed by atoms with Crippen molar-refractivity contribution in [3.63, 3.8) is 0 Å². The highest BCUT2D eigenvalue weighted by Gasteiger charge is 2.56. The van der Waals surface area contributed by atoms with Gasteiger partial charge in [-0.25, -0.2) is 4.79 Å². The Bertz CT molecular complexity index is 873. The van der Waals surface area contributed by atoms with Crippen LogP contribution in [0.25, 0.3) is 0 Å². The van der Waals surface area contributed by atoms with Gasteiger partial charge in [0.05, 0.1) is 0 Å². The molecule has 0 aliphatic heterocycles. The maximum absolute atomic E-state index is 12.2. The van der Waals surface area contributed by atoms with Crippen molar-refractivity contribution < 1.29 is 4.79 Å². The molecule has 2 atom stereocenters. The molecule has 25 heavy (non-hydrogen) atoms. The number of nitrogens with one attached hydrogen (secondary N) is 2. The zero-order chi connectivity index (χ0) is 17.4. The van der Waals surface area contributed by atoms with Gasteiger partial charge in [-0.1, -0.05) is 24.3 Å². The number of hydrogen-bond acceptors (Lipinski definition) is 2. The number of anilines is 1. The Hall–Kier alpha value is -2.56. The van der Waals surface area contributed by atoms with E-state index in [2.05, 4.69) is 34.9 Å².